The zero-order valence-electron chi connectivity index (χ0n) is 17.5. The highest BCUT2D eigenvalue weighted by Crippen LogP contribution is 2.34. The quantitative estimate of drug-likeness (QED) is 0.749. The number of halogens is 1. The maximum Gasteiger partial charge on any atom is 0.222 e. The van der Waals surface area contributed by atoms with Crippen molar-refractivity contribution in [3.8, 4) is 11.5 Å². The number of hydrogen-bond donors (Lipinski definition) is 2. The van der Waals surface area contributed by atoms with Crippen LogP contribution in [0.15, 0.2) is 36.4 Å². The first-order chi connectivity index (χ1) is 13.9. The molecule has 5 nitrogen and oxygen atoms in total. The average Bonchev–Trinajstić information content (AvgIpc) is 2.73. The van der Waals surface area contributed by atoms with Gasteiger partial charge < -0.3 is 19.7 Å². The van der Waals surface area contributed by atoms with Crippen LogP contribution in [0, 0.1) is 11.7 Å². The Kier molecular flexibility index (Phi) is 6.75. The number of fused-ring (bicyclic) bond motifs is 1. The summed E-state index contributed by atoms with van der Waals surface area (Å²) in [6, 6.07) is 10.8. The zero-order chi connectivity index (χ0) is 21.0. The molecule has 29 heavy (non-hydrogen) atoms. The monoisotopic (exact) mass is 401 g/mol. The van der Waals surface area contributed by atoms with Gasteiger partial charge in [0.2, 0.25) is 5.91 Å². The Labute approximate surface area is 171 Å². The molecule has 0 saturated heterocycles. The van der Waals surface area contributed by atoms with Gasteiger partial charge in [0, 0.05) is 23.5 Å². The minimum absolute atomic E-state index is 0.0405. The summed E-state index contributed by atoms with van der Waals surface area (Å²) in [6.45, 7) is 6.00. The maximum atomic E-state index is 13.3. The first kappa shape index (κ1) is 21.1. The summed E-state index contributed by atoms with van der Waals surface area (Å²) in [5.74, 6) is 1.15. The molecule has 0 aliphatic carbocycles. The van der Waals surface area contributed by atoms with Crippen molar-refractivity contribution in [2.24, 2.45) is 5.92 Å². The van der Waals surface area contributed by atoms with E-state index in [0.717, 1.165) is 36.4 Å². The summed E-state index contributed by atoms with van der Waals surface area (Å²) in [6.07, 6.45) is 0.904. The van der Waals surface area contributed by atoms with Crippen molar-refractivity contribution >= 4 is 5.91 Å². The Morgan fingerprint density at radius 3 is 2.45 bits per heavy atom. The van der Waals surface area contributed by atoms with Crippen LogP contribution in [0.25, 0.3) is 0 Å². The largest absolute Gasteiger partial charge is 0.493 e. The van der Waals surface area contributed by atoms with Gasteiger partial charge in [0.25, 0.3) is 0 Å². The highest BCUT2D eigenvalue weighted by molar-refractivity contribution is 5.77. The minimum Gasteiger partial charge on any atom is -0.493 e. The molecular formula is C23H30FN2O3+. The van der Waals surface area contributed by atoms with Crippen LogP contribution in [0.2, 0.25) is 0 Å². The van der Waals surface area contributed by atoms with E-state index in [2.05, 4.69) is 5.32 Å². The molecule has 2 aromatic rings. The summed E-state index contributed by atoms with van der Waals surface area (Å²) in [4.78, 5) is 13.6. The van der Waals surface area contributed by atoms with Crippen LogP contribution in [-0.4, -0.2) is 33.2 Å². The average molecular weight is 402 g/mol. The van der Waals surface area contributed by atoms with E-state index in [1.807, 2.05) is 38.1 Å². The second-order valence-corrected chi connectivity index (χ2v) is 7.82. The van der Waals surface area contributed by atoms with Crippen LogP contribution < -0.4 is 19.7 Å². The normalized spacial score (nSPS) is 18.3. The van der Waals surface area contributed by atoms with Gasteiger partial charge >= 0.3 is 0 Å². The Hall–Kier alpha value is -2.60. The topological polar surface area (TPSA) is 52.0 Å². The molecule has 0 spiro atoms. The highest BCUT2D eigenvalue weighted by atomic mass is 19.1. The molecule has 3 rings (SSSR count). The molecule has 156 valence electrons. The minimum atomic E-state index is -0.231. The highest BCUT2D eigenvalue weighted by Gasteiger charge is 2.33. The first-order valence-corrected chi connectivity index (χ1v) is 10.0. The number of amides is 1. The maximum absolute atomic E-state index is 13.3. The van der Waals surface area contributed by atoms with Crippen molar-refractivity contribution in [3.05, 3.63) is 58.9 Å². The molecular weight excluding hydrogens is 371 g/mol. The molecule has 1 heterocycles. The molecule has 0 fully saturated rings. The van der Waals surface area contributed by atoms with E-state index in [9.17, 15) is 9.18 Å². The molecule has 0 radical (unpaired) electrons. The van der Waals surface area contributed by atoms with E-state index in [-0.39, 0.29) is 23.7 Å². The number of hydrogen-bond acceptors (Lipinski definition) is 3. The molecule has 1 amide bonds. The van der Waals surface area contributed by atoms with E-state index in [0.29, 0.717) is 12.3 Å². The van der Waals surface area contributed by atoms with Gasteiger partial charge in [0.1, 0.15) is 18.4 Å². The lowest BCUT2D eigenvalue weighted by atomic mass is 9.91. The molecule has 0 aromatic heterocycles. The third-order valence-electron chi connectivity index (χ3n) is 5.58. The van der Waals surface area contributed by atoms with Gasteiger partial charge in [-0.25, -0.2) is 4.39 Å². The summed E-state index contributed by atoms with van der Waals surface area (Å²) >= 11 is 0. The van der Waals surface area contributed by atoms with Gasteiger partial charge in [-0.1, -0.05) is 26.0 Å². The second kappa shape index (κ2) is 9.27. The van der Waals surface area contributed by atoms with Crippen molar-refractivity contribution in [1.82, 2.24) is 5.32 Å². The second-order valence-electron chi connectivity index (χ2n) is 7.82. The molecule has 2 atom stereocenters. The predicted octanol–water partition coefficient (Wildman–Crippen LogP) is 2.30. The van der Waals surface area contributed by atoms with Gasteiger partial charge in [-0.15, -0.1) is 0 Å². The SMILES string of the molecule is COc1cc2c(cc1OC)[C@H](CNC(=O)C(C)C)[NH+](Cc1ccc(F)cc1)CC2. The van der Waals surface area contributed by atoms with E-state index in [1.54, 1.807) is 14.2 Å². The first-order valence-electron chi connectivity index (χ1n) is 10.0. The number of benzene rings is 2. The fourth-order valence-electron chi connectivity index (χ4n) is 3.90. The van der Waals surface area contributed by atoms with Crippen LogP contribution in [0.4, 0.5) is 4.39 Å². The van der Waals surface area contributed by atoms with E-state index in [4.69, 9.17) is 9.47 Å². The van der Waals surface area contributed by atoms with Crippen LogP contribution in [0.5, 0.6) is 11.5 Å². The fourth-order valence-corrected chi connectivity index (χ4v) is 3.90. The van der Waals surface area contributed by atoms with Gasteiger partial charge in [0.05, 0.1) is 27.3 Å². The van der Waals surface area contributed by atoms with Crippen molar-refractivity contribution in [2.45, 2.75) is 32.9 Å². The van der Waals surface area contributed by atoms with Crippen LogP contribution in [0.1, 0.15) is 36.6 Å². The standard InChI is InChI=1S/C23H29FN2O3/c1-15(2)23(27)25-13-20-19-12-22(29-4)21(28-3)11-17(19)9-10-26(20)14-16-5-7-18(24)8-6-16/h5-8,11-12,15,20H,9-10,13-14H2,1-4H3,(H,25,27)/p+1/t20-/m0/s1. The molecule has 2 N–H and O–H groups in total. The molecule has 1 aliphatic rings. The van der Waals surface area contributed by atoms with E-state index in [1.165, 1.54) is 22.6 Å². The Bertz CT molecular complexity index is 852. The number of methoxy groups -OCH3 is 2. The smallest absolute Gasteiger partial charge is 0.222 e. The van der Waals surface area contributed by atoms with Crippen molar-refractivity contribution in [2.75, 3.05) is 27.3 Å². The Balaban J connectivity index is 1.91. The summed E-state index contributed by atoms with van der Waals surface area (Å²) in [5, 5.41) is 3.09. The Morgan fingerprint density at radius 1 is 1.17 bits per heavy atom. The summed E-state index contributed by atoms with van der Waals surface area (Å²) in [5.41, 5.74) is 3.45. The van der Waals surface area contributed by atoms with Gasteiger partial charge in [-0.05, 0) is 29.8 Å². The van der Waals surface area contributed by atoms with Crippen LogP contribution in [-0.2, 0) is 17.8 Å². The van der Waals surface area contributed by atoms with Crippen molar-refractivity contribution in [3.63, 3.8) is 0 Å². The van der Waals surface area contributed by atoms with Crippen molar-refractivity contribution < 1.29 is 23.6 Å². The number of carbonyl (C=O) groups is 1. The summed E-state index contributed by atoms with van der Waals surface area (Å²) in [7, 11) is 3.27. The molecule has 6 heteroatoms. The summed E-state index contributed by atoms with van der Waals surface area (Å²) < 4.78 is 24.3. The fraction of sp³-hybridized carbons (Fsp3) is 0.435. The Morgan fingerprint density at radius 2 is 1.83 bits per heavy atom. The lowest BCUT2D eigenvalue weighted by molar-refractivity contribution is -0.945. The number of nitrogens with one attached hydrogen (secondary N) is 2. The van der Waals surface area contributed by atoms with Crippen LogP contribution >= 0.6 is 0 Å². The third-order valence-corrected chi connectivity index (χ3v) is 5.58. The number of rotatable bonds is 7. The number of ether oxygens (including phenoxy) is 2. The van der Waals surface area contributed by atoms with E-state index < -0.39 is 0 Å². The van der Waals surface area contributed by atoms with Crippen molar-refractivity contribution in [1.29, 1.82) is 0 Å². The van der Waals surface area contributed by atoms with Crippen LogP contribution in [0.3, 0.4) is 0 Å². The molecule has 1 aliphatic heterocycles. The van der Waals surface area contributed by atoms with Gasteiger partial charge in [-0.3, -0.25) is 4.79 Å². The number of carbonyl (C=O) groups excluding carboxylic acids is 1. The predicted molar refractivity (Wildman–Crippen MR) is 110 cm³/mol. The van der Waals surface area contributed by atoms with Gasteiger partial charge in [-0.2, -0.15) is 0 Å². The molecule has 1 unspecified atom stereocenters. The van der Waals surface area contributed by atoms with E-state index >= 15 is 0 Å². The molecule has 2 aromatic carbocycles. The molecule has 0 bridgehead atoms. The van der Waals surface area contributed by atoms with Gasteiger partial charge in [0.15, 0.2) is 11.5 Å². The number of quaternary nitrogens is 1. The molecule has 0 saturated carbocycles. The third kappa shape index (κ3) is 4.88. The zero-order valence-corrected chi connectivity index (χ0v) is 17.5. The lowest BCUT2D eigenvalue weighted by Gasteiger charge is -2.35. The lowest BCUT2D eigenvalue weighted by Crippen LogP contribution is -3.12.